The van der Waals surface area contributed by atoms with Crippen molar-refractivity contribution in [2.24, 2.45) is 0 Å². The van der Waals surface area contributed by atoms with E-state index in [1.807, 2.05) is 72.8 Å². The van der Waals surface area contributed by atoms with Gasteiger partial charge in [-0.15, -0.1) is 0 Å². The maximum absolute atomic E-state index is 12.7. The van der Waals surface area contributed by atoms with Gasteiger partial charge in [-0.25, -0.2) is 0 Å². The smallest absolute Gasteiger partial charge is 0.190 e. The zero-order valence-corrected chi connectivity index (χ0v) is 15.7. The van der Waals surface area contributed by atoms with Gasteiger partial charge in [0.25, 0.3) is 0 Å². The summed E-state index contributed by atoms with van der Waals surface area (Å²) < 4.78 is 8.33. The van der Waals surface area contributed by atoms with Gasteiger partial charge in [0, 0.05) is 15.9 Å². The fourth-order valence-corrected chi connectivity index (χ4v) is 3.60. The van der Waals surface area contributed by atoms with Gasteiger partial charge < -0.3 is 9.30 Å². The third-order valence-electron chi connectivity index (χ3n) is 4.40. The molecular weight excluding hydrogens is 390 g/mol. The quantitative estimate of drug-likeness (QED) is 0.455. The molecule has 0 aliphatic rings. The molecular formula is C22H16BrNO2. The van der Waals surface area contributed by atoms with Crippen molar-refractivity contribution in [3.8, 4) is 22.7 Å². The zero-order chi connectivity index (χ0) is 18.1. The van der Waals surface area contributed by atoms with E-state index >= 15 is 0 Å². The SMILES string of the molecule is COc1ccc(-c2cc(=O)c3ccccc3n2-c2ccccc2Br)cc1. The monoisotopic (exact) mass is 405 g/mol. The second-order valence-corrected chi connectivity index (χ2v) is 6.78. The van der Waals surface area contributed by atoms with E-state index in [-0.39, 0.29) is 5.43 Å². The van der Waals surface area contributed by atoms with Crippen LogP contribution >= 0.6 is 15.9 Å². The lowest BCUT2D eigenvalue weighted by molar-refractivity contribution is 0.415. The molecule has 0 amide bonds. The predicted molar refractivity (Wildman–Crippen MR) is 109 cm³/mol. The molecule has 0 saturated heterocycles. The van der Waals surface area contributed by atoms with E-state index in [9.17, 15) is 4.79 Å². The molecule has 1 aromatic heterocycles. The Morgan fingerprint density at radius 1 is 0.885 bits per heavy atom. The molecule has 0 aliphatic heterocycles. The number of halogens is 1. The number of benzene rings is 3. The van der Waals surface area contributed by atoms with Gasteiger partial charge in [-0.3, -0.25) is 4.79 Å². The number of rotatable bonds is 3. The zero-order valence-electron chi connectivity index (χ0n) is 14.1. The van der Waals surface area contributed by atoms with Crippen molar-refractivity contribution < 1.29 is 4.74 Å². The lowest BCUT2D eigenvalue weighted by Crippen LogP contribution is -2.11. The highest BCUT2D eigenvalue weighted by Crippen LogP contribution is 2.31. The Kier molecular flexibility index (Phi) is 4.35. The van der Waals surface area contributed by atoms with Gasteiger partial charge in [0.15, 0.2) is 5.43 Å². The van der Waals surface area contributed by atoms with Crippen LogP contribution in [0.1, 0.15) is 0 Å². The van der Waals surface area contributed by atoms with Crippen molar-refractivity contribution in [1.29, 1.82) is 0 Å². The first kappa shape index (κ1) is 16.6. The first-order valence-corrected chi connectivity index (χ1v) is 9.02. The summed E-state index contributed by atoms with van der Waals surface area (Å²) in [7, 11) is 1.64. The maximum Gasteiger partial charge on any atom is 0.190 e. The average Bonchev–Trinajstić information content (AvgIpc) is 2.69. The van der Waals surface area contributed by atoms with Gasteiger partial charge in [0.05, 0.1) is 24.0 Å². The minimum atomic E-state index is 0.00900. The van der Waals surface area contributed by atoms with Crippen molar-refractivity contribution in [1.82, 2.24) is 4.57 Å². The molecule has 0 unspecified atom stereocenters. The fourth-order valence-electron chi connectivity index (χ4n) is 3.14. The Morgan fingerprint density at radius 3 is 2.31 bits per heavy atom. The number of hydrogen-bond acceptors (Lipinski definition) is 2. The van der Waals surface area contributed by atoms with Crippen molar-refractivity contribution in [3.05, 3.63) is 93.6 Å². The highest BCUT2D eigenvalue weighted by Gasteiger charge is 2.14. The Labute approximate surface area is 159 Å². The maximum atomic E-state index is 12.7. The molecule has 0 bridgehead atoms. The molecule has 4 aromatic rings. The van der Waals surface area contributed by atoms with E-state index in [2.05, 4.69) is 20.5 Å². The number of methoxy groups -OCH3 is 1. The number of fused-ring (bicyclic) bond motifs is 1. The summed E-state index contributed by atoms with van der Waals surface area (Å²) in [5.74, 6) is 0.782. The van der Waals surface area contributed by atoms with Crippen molar-refractivity contribution in [3.63, 3.8) is 0 Å². The topological polar surface area (TPSA) is 31.2 Å². The highest BCUT2D eigenvalue weighted by molar-refractivity contribution is 9.10. The van der Waals surface area contributed by atoms with E-state index in [1.54, 1.807) is 13.2 Å². The summed E-state index contributed by atoms with van der Waals surface area (Å²) in [5, 5.41) is 0.695. The van der Waals surface area contributed by atoms with Gasteiger partial charge in [-0.05, 0) is 70.0 Å². The Hall–Kier alpha value is -2.85. The summed E-state index contributed by atoms with van der Waals surface area (Å²) in [4.78, 5) is 12.7. The minimum absolute atomic E-state index is 0.00900. The standard InChI is InChI=1S/C22H16BrNO2/c1-26-16-12-10-15(11-13-16)21-14-22(25)17-6-2-4-8-19(17)24(21)20-9-5-3-7-18(20)23/h2-14H,1H3. The normalized spacial score (nSPS) is 10.8. The van der Waals surface area contributed by atoms with Gasteiger partial charge in [0.2, 0.25) is 0 Å². The minimum Gasteiger partial charge on any atom is -0.497 e. The Bertz CT molecular complexity index is 1150. The van der Waals surface area contributed by atoms with Crippen LogP contribution in [0.5, 0.6) is 5.75 Å². The first-order chi connectivity index (χ1) is 12.7. The molecule has 1 heterocycles. The fraction of sp³-hybridized carbons (Fsp3) is 0.0455. The molecule has 0 fully saturated rings. The van der Waals surface area contributed by atoms with Gasteiger partial charge in [0.1, 0.15) is 5.75 Å². The molecule has 3 nitrogen and oxygen atoms in total. The van der Waals surface area contributed by atoms with Crippen LogP contribution in [0, 0.1) is 0 Å². The summed E-state index contributed by atoms with van der Waals surface area (Å²) in [6.07, 6.45) is 0. The lowest BCUT2D eigenvalue weighted by Gasteiger charge is -2.18. The van der Waals surface area contributed by atoms with Crippen molar-refractivity contribution in [2.45, 2.75) is 0 Å². The molecule has 0 saturated carbocycles. The van der Waals surface area contributed by atoms with Crippen LogP contribution in [-0.2, 0) is 0 Å². The predicted octanol–water partition coefficient (Wildman–Crippen LogP) is 5.43. The van der Waals surface area contributed by atoms with Crippen LogP contribution in [-0.4, -0.2) is 11.7 Å². The van der Waals surface area contributed by atoms with E-state index < -0.39 is 0 Å². The average molecular weight is 406 g/mol. The molecule has 4 rings (SSSR count). The lowest BCUT2D eigenvalue weighted by atomic mass is 10.1. The number of pyridine rings is 1. The summed E-state index contributed by atoms with van der Waals surface area (Å²) in [6, 6.07) is 25.1. The third-order valence-corrected chi connectivity index (χ3v) is 5.07. The highest BCUT2D eigenvalue weighted by atomic mass is 79.9. The summed E-state index contributed by atoms with van der Waals surface area (Å²) in [5.41, 5.74) is 3.65. The van der Waals surface area contributed by atoms with Crippen LogP contribution in [0.15, 0.2) is 88.1 Å². The molecule has 0 N–H and O–H groups in total. The van der Waals surface area contributed by atoms with Crippen molar-refractivity contribution in [2.75, 3.05) is 7.11 Å². The summed E-state index contributed by atoms with van der Waals surface area (Å²) >= 11 is 3.65. The molecule has 0 spiro atoms. The second-order valence-electron chi connectivity index (χ2n) is 5.93. The number of para-hydroxylation sites is 2. The van der Waals surface area contributed by atoms with Crippen LogP contribution in [0.25, 0.3) is 27.8 Å². The molecule has 3 aromatic carbocycles. The van der Waals surface area contributed by atoms with E-state index in [0.29, 0.717) is 5.39 Å². The third kappa shape index (κ3) is 2.82. The van der Waals surface area contributed by atoms with Crippen LogP contribution in [0.2, 0.25) is 0 Å². The molecule has 0 atom stereocenters. The molecule has 0 aliphatic carbocycles. The number of aromatic nitrogens is 1. The number of hydrogen-bond donors (Lipinski definition) is 0. The number of nitrogens with zero attached hydrogens (tertiary/aromatic N) is 1. The van der Waals surface area contributed by atoms with Gasteiger partial charge >= 0.3 is 0 Å². The van der Waals surface area contributed by atoms with Crippen LogP contribution in [0.4, 0.5) is 0 Å². The largest absolute Gasteiger partial charge is 0.497 e. The number of ether oxygens (including phenoxy) is 1. The van der Waals surface area contributed by atoms with Gasteiger partial charge in [-0.2, -0.15) is 0 Å². The Morgan fingerprint density at radius 2 is 1.58 bits per heavy atom. The molecule has 0 radical (unpaired) electrons. The Balaban J connectivity index is 2.10. The van der Waals surface area contributed by atoms with Crippen LogP contribution in [0.3, 0.4) is 0 Å². The van der Waals surface area contributed by atoms with Crippen LogP contribution < -0.4 is 10.2 Å². The first-order valence-electron chi connectivity index (χ1n) is 8.23. The van der Waals surface area contributed by atoms with Gasteiger partial charge in [-0.1, -0.05) is 24.3 Å². The summed E-state index contributed by atoms with van der Waals surface area (Å²) in [6.45, 7) is 0. The molecule has 4 heteroatoms. The second kappa shape index (κ2) is 6.81. The van der Waals surface area contributed by atoms with Crippen molar-refractivity contribution >= 4 is 26.8 Å². The van der Waals surface area contributed by atoms with E-state index in [0.717, 1.165) is 32.7 Å². The molecule has 26 heavy (non-hydrogen) atoms. The molecule has 128 valence electrons. The van der Waals surface area contributed by atoms with E-state index in [1.165, 1.54) is 0 Å². The van der Waals surface area contributed by atoms with E-state index in [4.69, 9.17) is 4.74 Å².